The van der Waals surface area contributed by atoms with Crippen LogP contribution in [0, 0.1) is 0 Å². The Morgan fingerprint density at radius 2 is 1.90 bits per heavy atom. The van der Waals surface area contributed by atoms with Crippen LogP contribution in [-0.4, -0.2) is 42.5 Å². The number of nitrogens with one attached hydrogen (secondary N) is 2. The number of anilines is 1. The maximum Gasteiger partial charge on any atom is 0.258 e. The number of amides is 2. The van der Waals surface area contributed by atoms with Crippen molar-refractivity contribution in [1.29, 1.82) is 0 Å². The number of benzene rings is 2. The van der Waals surface area contributed by atoms with Crippen molar-refractivity contribution in [2.24, 2.45) is 0 Å². The van der Waals surface area contributed by atoms with Gasteiger partial charge < -0.3 is 15.4 Å². The van der Waals surface area contributed by atoms with Crippen molar-refractivity contribution in [2.45, 2.75) is 38.3 Å². The fraction of sp³-hybridized carbons (Fsp3) is 0.391. The van der Waals surface area contributed by atoms with Crippen LogP contribution in [0.1, 0.15) is 30.4 Å². The summed E-state index contributed by atoms with van der Waals surface area (Å²) >= 11 is 0. The largest absolute Gasteiger partial charge is 0.484 e. The predicted octanol–water partition coefficient (Wildman–Crippen LogP) is 2.73. The summed E-state index contributed by atoms with van der Waals surface area (Å²) in [5.41, 5.74) is 3.21. The molecule has 1 fully saturated rings. The molecule has 6 nitrogen and oxygen atoms in total. The highest BCUT2D eigenvalue weighted by Crippen LogP contribution is 2.26. The van der Waals surface area contributed by atoms with Crippen LogP contribution in [-0.2, 0) is 22.6 Å². The average molecular weight is 393 g/mol. The number of carbonyl (C=O) groups is 2. The van der Waals surface area contributed by atoms with Crippen molar-refractivity contribution in [2.75, 3.05) is 25.0 Å². The summed E-state index contributed by atoms with van der Waals surface area (Å²) in [6.45, 7) is 2.94. The molecule has 0 unspecified atom stereocenters. The average Bonchev–Trinajstić information content (AvgIpc) is 2.74. The Labute approximate surface area is 171 Å². The van der Waals surface area contributed by atoms with Gasteiger partial charge in [0.2, 0.25) is 5.91 Å². The predicted molar refractivity (Wildman–Crippen MR) is 112 cm³/mol. The monoisotopic (exact) mass is 393 g/mol. The van der Waals surface area contributed by atoms with Crippen LogP contribution in [0.2, 0.25) is 0 Å². The van der Waals surface area contributed by atoms with E-state index in [0.717, 1.165) is 43.7 Å². The fourth-order valence-corrected chi connectivity index (χ4v) is 3.94. The standard InChI is InChI=1S/C23H27N3O3/c27-22-9-6-18-14-20(7-8-21(18)25-22)29-16-23(28)24-19-10-12-26(13-11-19)15-17-4-2-1-3-5-17/h1-5,7-8,14,19H,6,9-13,15-16H2,(H,24,28)(H,25,27). The molecule has 29 heavy (non-hydrogen) atoms. The van der Waals surface area contributed by atoms with Crippen LogP contribution >= 0.6 is 0 Å². The topological polar surface area (TPSA) is 70.7 Å². The van der Waals surface area contributed by atoms with Crippen LogP contribution in [0.25, 0.3) is 0 Å². The maximum absolute atomic E-state index is 12.3. The zero-order valence-electron chi connectivity index (χ0n) is 16.5. The van der Waals surface area contributed by atoms with Gasteiger partial charge in [0.1, 0.15) is 5.75 Å². The molecule has 0 aliphatic carbocycles. The normalized spacial score (nSPS) is 17.3. The van der Waals surface area contributed by atoms with E-state index in [1.54, 1.807) is 6.07 Å². The zero-order valence-corrected chi connectivity index (χ0v) is 16.5. The molecule has 0 radical (unpaired) electrons. The highest BCUT2D eigenvalue weighted by molar-refractivity contribution is 5.94. The van der Waals surface area contributed by atoms with E-state index in [1.165, 1.54) is 5.56 Å². The molecule has 6 heteroatoms. The number of likely N-dealkylation sites (tertiary alicyclic amines) is 1. The van der Waals surface area contributed by atoms with Gasteiger partial charge in [-0.3, -0.25) is 14.5 Å². The summed E-state index contributed by atoms with van der Waals surface area (Å²) in [6, 6.07) is 16.2. The molecule has 2 heterocycles. The third-order valence-electron chi connectivity index (χ3n) is 5.54. The van der Waals surface area contributed by atoms with Gasteiger partial charge in [-0.15, -0.1) is 0 Å². The van der Waals surface area contributed by atoms with Gasteiger partial charge in [0.05, 0.1) is 0 Å². The fourth-order valence-electron chi connectivity index (χ4n) is 3.94. The van der Waals surface area contributed by atoms with Crippen LogP contribution in [0.15, 0.2) is 48.5 Å². The summed E-state index contributed by atoms with van der Waals surface area (Å²) < 4.78 is 5.67. The van der Waals surface area contributed by atoms with Gasteiger partial charge in [-0.2, -0.15) is 0 Å². The lowest BCUT2D eigenvalue weighted by Crippen LogP contribution is -2.45. The first-order valence-electron chi connectivity index (χ1n) is 10.3. The van der Waals surface area contributed by atoms with Crippen molar-refractivity contribution in [3.8, 4) is 5.75 Å². The molecular formula is C23H27N3O3. The smallest absolute Gasteiger partial charge is 0.258 e. The Hall–Kier alpha value is -2.86. The van der Waals surface area contributed by atoms with Crippen molar-refractivity contribution in [3.05, 3.63) is 59.7 Å². The highest BCUT2D eigenvalue weighted by Gasteiger charge is 2.21. The van der Waals surface area contributed by atoms with Gasteiger partial charge in [-0.25, -0.2) is 0 Å². The van der Waals surface area contributed by atoms with Gasteiger partial charge >= 0.3 is 0 Å². The Morgan fingerprint density at radius 3 is 2.69 bits per heavy atom. The molecule has 0 bridgehead atoms. The molecule has 1 saturated heterocycles. The number of fused-ring (bicyclic) bond motifs is 1. The lowest BCUT2D eigenvalue weighted by Gasteiger charge is -2.32. The quantitative estimate of drug-likeness (QED) is 0.792. The first kappa shape index (κ1) is 19.5. The molecule has 2 aromatic carbocycles. The molecule has 2 aliphatic rings. The molecule has 2 aliphatic heterocycles. The van der Waals surface area contributed by atoms with Gasteiger partial charge in [0, 0.05) is 37.8 Å². The van der Waals surface area contributed by atoms with E-state index in [2.05, 4.69) is 39.8 Å². The molecule has 2 N–H and O–H groups in total. The molecule has 2 amide bonds. The minimum Gasteiger partial charge on any atom is -0.484 e. The molecule has 4 rings (SSSR count). The van der Waals surface area contributed by atoms with Gasteiger partial charge in [-0.1, -0.05) is 30.3 Å². The number of nitrogens with zero attached hydrogens (tertiary/aromatic N) is 1. The molecule has 0 aromatic heterocycles. The highest BCUT2D eigenvalue weighted by atomic mass is 16.5. The first-order chi connectivity index (χ1) is 14.2. The van der Waals surface area contributed by atoms with Gasteiger partial charge in [0.25, 0.3) is 5.91 Å². The molecule has 152 valence electrons. The number of hydrogen-bond donors (Lipinski definition) is 2. The summed E-state index contributed by atoms with van der Waals surface area (Å²) in [4.78, 5) is 26.1. The lowest BCUT2D eigenvalue weighted by atomic mass is 10.0. The number of rotatable bonds is 6. The molecular weight excluding hydrogens is 366 g/mol. The van der Waals surface area contributed by atoms with Crippen LogP contribution in [0.3, 0.4) is 0 Å². The summed E-state index contributed by atoms with van der Waals surface area (Å²) in [7, 11) is 0. The van der Waals surface area contributed by atoms with Crippen LogP contribution in [0.5, 0.6) is 5.75 Å². The minimum absolute atomic E-state index is 0.00930. The van der Waals surface area contributed by atoms with E-state index in [9.17, 15) is 9.59 Å². The van der Waals surface area contributed by atoms with Crippen LogP contribution < -0.4 is 15.4 Å². The third-order valence-corrected chi connectivity index (χ3v) is 5.54. The molecule has 2 aromatic rings. The van der Waals surface area contributed by atoms with Crippen molar-refractivity contribution < 1.29 is 14.3 Å². The van der Waals surface area contributed by atoms with Crippen LogP contribution in [0.4, 0.5) is 5.69 Å². The van der Waals surface area contributed by atoms with E-state index < -0.39 is 0 Å². The van der Waals surface area contributed by atoms with E-state index >= 15 is 0 Å². The number of piperidine rings is 1. The molecule has 0 saturated carbocycles. The summed E-state index contributed by atoms with van der Waals surface area (Å²) in [5.74, 6) is 0.616. The van der Waals surface area contributed by atoms with Crippen molar-refractivity contribution >= 4 is 17.5 Å². The van der Waals surface area contributed by atoms with Crippen molar-refractivity contribution in [3.63, 3.8) is 0 Å². The van der Waals surface area contributed by atoms with Crippen molar-refractivity contribution in [1.82, 2.24) is 10.2 Å². The number of ether oxygens (including phenoxy) is 1. The van der Waals surface area contributed by atoms with Gasteiger partial charge in [0.15, 0.2) is 6.61 Å². The maximum atomic E-state index is 12.3. The zero-order chi connectivity index (χ0) is 20.1. The third kappa shape index (κ3) is 5.35. The number of hydrogen-bond acceptors (Lipinski definition) is 4. The second-order valence-corrected chi connectivity index (χ2v) is 7.76. The summed E-state index contributed by atoms with van der Waals surface area (Å²) in [5, 5.41) is 5.94. The second kappa shape index (κ2) is 9.09. The summed E-state index contributed by atoms with van der Waals surface area (Å²) in [6.07, 6.45) is 3.10. The van der Waals surface area contributed by atoms with Gasteiger partial charge in [-0.05, 0) is 48.6 Å². The Bertz CT molecular complexity index is 861. The van der Waals surface area contributed by atoms with E-state index in [-0.39, 0.29) is 24.5 Å². The Balaban J connectivity index is 1.19. The number of aryl methyl sites for hydroxylation is 1. The first-order valence-corrected chi connectivity index (χ1v) is 10.3. The minimum atomic E-state index is -0.0856. The lowest BCUT2D eigenvalue weighted by molar-refractivity contribution is -0.124. The van der Waals surface area contributed by atoms with E-state index in [4.69, 9.17) is 4.74 Å². The Morgan fingerprint density at radius 1 is 1.10 bits per heavy atom. The Kier molecular flexibility index (Phi) is 6.10. The molecule has 0 atom stereocenters. The SMILES string of the molecule is O=C1CCc2cc(OCC(=O)NC3CCN(Cc4ccccc4)CC3)ccc2N1. The number of carbonyl (C=O) groups excluding carboxylic acids is 2. The van der Waals surface area contributed by atoms with E-state index in [0.29, 0.717) is 18.6 Å². The second-order valence-electron chi connectivity index (χ2n) is 7.76. The molecule has 0 spiro atoms. The van der Waals surface area contributed by atoms with E-state index in [1.807, 2.05) is 18.2 Å².